The lowest BCUT2D eigenvalue weighted by Gasteiger charge is -2.26. The van der Waals surface area contributed by atoms with Gasteiger partial charge in [0.25, 0.3) is 0 Å². The van der Waals surface area contributed by atoms with Crippen LogP contribution in [0.2, 0.25) is 0 Å². The predicted molar refractivity (Wildman–Crippen MR) is 85.8 cm³/mol. The molecule has 20 heavy (non-hydrogen) atoms. The SMILES string of the molecule is CC(C)(C)c1ccc(NC(=O)CC(N)C(C)(C)C)cc1. The molecule has 0 saturated carbocycles. The average molecular weight is 276 g/mol. The number of hydrogen-bond acceptors (Lipinski definition) is 2. The minimum atomic E-state index is -0.142. The van der Waals surface area contributed by atoms with Crippen LogP contribution in [-0.4, -0.2) is 11.9 Å². The van der Waals surface area contributed by atoms with E-state index in [9.17, 15) is 4.79 Å². The lowest BCUT2D eigenvalue weighted by atomic mass is 9.85. The third-order valence-corrected chi connectivity index (χ3v) is 3.55. The number of rotatable bonds is 3. The monoisotopic (exact) mass is 276 g/mol. The Balaban J connectivity index is 2.64. The van der Waals surface area contributed by atoms with Gasteiger partial charge >= 0.3 is 0 Å². The summed E-state index contributed by atoms with van der Waals surface area (Å²) in [7, 11) is 0. The second kappa shape index (κ2) is 5.96. The summed E-state index contributed by atoms with van der Waals surface area (Å²) in [5, 5.41) is 2.90. The molecule has 1 amide bonds. The zero-order chi connectivity index (χ0) is 15.6. The highest BCUT2D eigenvalue weighted by Gasteiger charge is 2.23. The first-order valence-electron chi connectivity index (χ1n) is 7.16. The number of carbonyl (C=O) groups is 1. The largest absolute Gasteiger partial charge is 0.327 e. The van der Waals surface area contributed by atoms with E-state index in [1.807, 2.05) is 32.9 Å². The summed E-state index contributed by atoms with van der Waals surface area (Å²) < 4.78 is 0. The quantitative estimate of drug-likeness (QED) is 0.884. The Morgan fingerprint density at radius 1 is 1.10 bits per heavy atom. The van der Waals surface area contributed by atoms with E-state index in [4.69, 9.17) is 5.73 Å². The van der Waals surface area contributed by atoms with Gasteiger partial charge in [0.1, 0.15) is 0 Å². The van der Waals surface area contributed by atoms with Crippen LogP contribution in [-0.2, 0) is 10.2 Å². The first-order valence-corrected chi connectivity index (χ1v) is 7.16. The highest BCUT2D eigenvalue weighted by atomic mass is 16.1. The number of anilines is 1. The Morgan fingerprint density at radius 2 is 1.60 bits per heavy atom. The van der Waals surface area contributed by atoms with Crippen molar-refractivity contribution in [2.24, 2.45) is 11.1 Å². The summed E-state index contributed by atoms with van der Waals surface area (Å²) in [6, 6.07) is 7.86. The molecule has 1 rings (SSSR count). The Morgan fingerprint density at radius 3 is 2.00 bits per heavy atom. The van der Waals surface area contributed by atoms with Crippen LogP contribution in [0.15, 0.2) is 24.3 Å². The van der Waals surface area contributed by atoms with Gasteiger partial charge in [-0.2, -0.15) is 0 Å². The molecule has 0 fully saturated rings. The van der Waals surface area contributed by atoms with Gasteiger partial charge in [-0.1, -0.05) is 53.7 Å². The molecule has 1 atom stereocenters. The van der Waals surface area contributed by atoms with Gasteiger partial charge in [-0.15, -0.1) is 0 Å². The Hall–Kier alpha value is -1.35. The van der Waals surface area contributed by atoms with Crippen molar-refractivity contribution in [1.29, 1.82) is 0 Å². The fraction of sp³-hybridized carbons (Fsp3) is 0.588. The van der Waals surface area contributed by atoms with Crippen LogP contribution in [0.3, 0.4) is 0 Å². The Labute approximate surface area is 122 Å². The van der Waals surface area contributed by atoms with Crippen molar-refractivity contribution >= 4 is 11.6 Å². The van der Waals surface area contributed by atoms with Gasteiger partial charge in [-0.3, -0.25) is 4.79 Å². The van der Waals surface area contributed by atoms with E-state index in [1.165, 1.54) is 5.56 Å². The lowest BCUT2D eigenvalue weighted by Crippen LogP contribution is -2.38. The molecule has 0 aliphatic carbocycles. The van der Waals surface area contributed by atoms with Crippen LogP contribution in [0.4, 0.5) is 5.69 Å². The second-order valence-electron chi connectivity index (χ2n) is 7.55. The molecule has 0 bridgehead atoms. The van der Waals surface area contributed by atoms with Crippen molar-refractivity contribution in [1.82, 2.24) is 0 Å². The second-order valence-corrected chi connectivity index (χ2v) is 7.55. The number of nitrogens with one attached hydrogen (secondary N) is 1. The summed E-state index contributed by atoms with van der Waals surface area (Å²) in [5.41, 5.74) is 8.16. The summed E-state index contributed by atoms with van der Waals surface area (Å²) in [6.07, 6.45) is 0.338. The van der Waals surface area contributed by atoms with Crippen LogP contribution < -0.4 is 11.1 Å². The van der Waals surface area contributed by atoms with Crippen LogP contribution in [0.25, 0.3) is 0 Å². The number of hydrogen-bond donors (Lipinski definition) is 2. The smallest absolute Gasteiger partial charge is 0.225 e. The normalized spacial score (nSPS) is 13.9. The van der Waals surface area contributed by atoms with Gasteiger partial charge in [0.05, 0.1) is 0 Å². The van der Waals surface area contributed by atoms with E-state index in [1.54, 1.807) is 0 Å². The number of amides is 1. The summed E-state index contributed by atoms with van der Waals surface area (Å²) >= 11 is 0. The third kappa shape index (κ3) is 4.97. The maximum absolute atomic E-state index is 12.0. The van der Waals surface area contributed by atoms with Gasteiger partial charge < -0.3 is 11.1 Å². The topological polar surface area (TPSA) is 55.1 Å². The van der Waals surface area contributed by atoms with Gasteiger partial charge in [0.15, 0.2) is 0 Å². The molecular formula is C17H28N2O. The molecule has 112 valence electrons. The first-order chi connectivity index (χ1) is 9.00. The zero-order valence-corrected chi connectivity index (χ0v) is 13.6. The molecule has 0 spiro atoms. The Bertz CT molecular complexity index is 449. The van der Waals surface area contributed by atoms with Gasteiger partial charge in [0, 0.05) is 18.2 Å². The molecule has 1 aromatic rings. The predicted octanol–water partition coefficient (Wildman–Crippen LogP) is 3.69. The molecule has 0 aliphatic rings. The van der Waals surface area contributed by atoms with Gasteiger partial charge in [0.2, 0.25) is 5.91 Å². The number of carbonyl (C=O) groups excluding carboxylic acids is 1. The lowest BCUT2D eigenvalue weighted by molar-refractivity contribution is -0.117. The molecule has 0 aromatic heterocycles. The molecule has 0 aliphatic heterocycles. The molecule has 1 unspecified atom stereocenters. The molecule has 3 N–H and O–H groups in total. The van der Waals surface area contributed by atoms with Crippen LogP contribution in [0, 0.1) is 5.41 Å². The summed E-state index contributed by atoms with van der Waals surface area (Å²) in [5.74, 6) is -0.0315. The zero-order valence-electron chi connectivity index (χ0n) is 13.6. The third-order valence-electron chi connectivity index (χ3n) is 3.55. The molecule has 0 heterocycles. The molecular weight excluding hydrogens is 248 g/mol. The maximum atomic E-state index is 12.0. The average Bonchev–Trinajstić information content (AvgIpc) is 2.26. The molecule has 3 nitrogen and oxygen atoms in total. The summed E-state index contributed by atoms with van der Waals surface area (Å²) in [6.45, 7) is 12.6. The van der Waals surface area contributed by atoms with Gasteiger partial charge in [-0.05, 0) is 28.5 Å². The fourth-order valence-electron chi connectivity index (χ4n) is 1.77. The Kier molecular flexibility index (Phi) is 4.98. The minimum absolute atomic E-state index is 0.0315. The van der Waals surface area contributed by atoms with E-state index in [2.05, 4.69) is 38.2 Å². The molecule has 3 heteroatoms. The van der Waals surface area contributed by atoms with E-state index >= 15 is 0 Å². The molecule has 1 aromatic carbocycles. The van der Waals surface area contributed by atoms with E-state index < -0.39 is 0 Å². The van der Waals surface area contributed by atoms with Crippen LogP contribution in [0.5, 0.6) is 0 Å². The maximum Gasteiger partial charge on any atom is 0.225 e. The van der Waals surface area contributed by atoms with Crippen molar-refractivity contribution in [3.8, 4) is 0 Å². The van der Waals surface area contributed by atoms with Crippen molar-refractivity contribution < 1.29 is 4.79 Å². The van der Waals surface area contributed by atoms with E-state index in [0.29, 0.717) is 6.42 Å². The van der Waals surface area contributed by atoms with Crippen molar-refractivity contribution in [2.75, 3.05) is 5.32 Å². The van der Waals surface area contributed by atoms with Crippen molar-refractivity contribution in [3.05, 3.63) is 29.8 Å². The highest BCUT2D eigenvalue weighted by Crippen LogP contribution is 2.24. The minimum Gasteiger partial charge on any atom is -0.327 e. The molecule has 0 radical (unpaired) electrons. The first kappa shape index (κ1) is 16.7. The van der Waals surface area contributed by atoms with Gasteiger partial charge in [-0.25, -0.2) is 0 Å². The number of nitrogens with two attached hydrogens (primary N) is 1. The fourth-order valence-corrected chi connectivity index (χ4v) is 1.77. The standard InChI is InChI=1S/C17H28N2O/c1-16(2,3)12-7-9-13(10-8-12)19-15(20)11-14(18)17(4,5)6/h7-10,14H,11,18H2,1-6H3,(H,19,20). The van der Waals surface area contributed by atoms with Crippen molar-refractivity contribution in [3.63, 3.8) is 0 Å². The number of benzene rings is 1. The van der Waals surface area contributed by atoms with Crippen LogP contribution >= 0.6 is 0 Å². The van der Waals surface area contributed by atoms with Crippen LogP contribution in [0.1, 0.15) is 53.5 Å². The highest BCUT2D eigenvalue weighted by molar-refractivity contribution is 5.91. The van der Waals surface area contributed by atoms with E-state index in [-0.39, 0.29) is 22.8 Å². The molecule has 0 saturated heterocycles. The summed E-state index contributed by atoms with van der Waals surface area (Å²) in [4.78, 5) is 12.0. The van der Waals surface area contributed by atoms with Crippen molar-refractivity contribution in [2.45, 2.75) is 59.4 Å². The van der Waals surface area contributed by atoms with E-state index in [0.717, 1.165) is 5.69 Å².